The first-order valence-corrected chi connectivity index (χ1v) is 6.59. The standard InChI is InChI=1S/C14H22FN3O3/c1-18(2)5-7-21-6-4-17-13-8-10(14(19)20-3)12(16)9-11(13)15/h8-9,17H,4-7,16H2,1-3H3. The van der Waals surface area contributed by atoms with Crippen molar-refractivity contribution >= 4 is 17.3 Å². The molecule has 0 unspecified atom stereocenters. The van der Waals surface area contributed by atoms with Crippen LogP contribution in [0, 0.1) is 5.82 Å². The lowest BCUT2D eigenvalue weighted by Gasteiger charge is -2.12. The Morgan fingerprint density at radius 1 is 1.38 bits per heavy atom. The van der Waals surface area contributed by atoms with Crippen molar-refractivity contribution in [3.63, 3.8) is 0 Å². The van der Waals surface area contributed by atoms with Gasteiger partial charge in [-0.25, -0.2) is 9.18 Å². The van der Waals surface area contributed by atoms with Crippen molar-refractivity contribution in [1.82, 2.24) is 4.90 Å². The average Bonchev–Trinajstić information content (AvgIpc) is 2.43. The fraction of sp³-hybridized carbons (Fsp3) is 0.500. The summed E-state index contributed by atoms with van der Waals surface area (Å²) in [6.45, 7) is 2.29. The molecule has 0 atom stereocenters. The van der Waals surface area contributed by atoms with Crippen molar-refractivity contribution in [3.8, 4) is 0 Å². The van der Waals surface area contributed by atoms with Gasteiger partial charge in [-0.15, -0.1) is 0 Å². The second-order valence-corrected chi connectivity index (χ2v) is 4.75. The predicted octanol–water partition coefficient (Wildman–Crippen LogP) is 1.18. The third kappa shape index (κ3) is 5.57. The average molecular weight is 299 g/mol. The van der Waals surface area contributed by atoms with E-state index in [2.05, 4.69) is 10.1 Å². The molecular weight excluding hydrogens is 277 g/mol. The van der Waals surface area contributed by atoms with E-state index in [4.69, 9.17) is 10.5 Å². The van der Waals surface area contributed by atoms with Crippen molar-refractivity contribution in [2.45, 2.75) is 0 Å². The highest BCUT2D eigenvalue weighted by atomic mass is 19.1. The number of carbonyl (C=O) groups excluding carboxylic acids is 1. The van der Waals surface area contributed by atoms with Gasteiger partial charge < -0.3 is 25.4 Å². The number of halogens is 1. The zero-order valence-corrected chi connectivity index (χ0v) is 12.6. The molecule has 0 spiro atoms. The molecule has 6 nitrogen and oxygen atoms in total. The summed E-state index contributed by atoms with van der Waals surface area (Å²) in [5.41, 5.74) is 5.97. The topological polar surface area (TPSA) is 76.8 Å². The van der Waals surface area contributed by atoms with Crippen molar-refractivity contribution < 1.29 is 18.7 Å². The van der Waals surface area contributed by atoms with E-state index < -0.39 is 11.8 Å². The van der Waals surface area contributed by atoms with Crippen LogP contribution in [0.3, 0.4) is 0 Å². The molecule has 0 heterocycles. The van der Waals surface area contributed by atoms with Crippen molar-refractivity contribution in [1.29, 1.82) is 0 Å². The molecule has 0 aliphatic heterocycles. The second-order valence-electron chi connectivity index (χ2n) is 4.75. The van der Waals surface area contributed by atoms with E-state index in [-0.39, 0.29) is 16.9 Å². The maximum Gasteiger partial charge on any atom is 0.340 e. The number of likely N-dealkylation sites (N-methyl/N-ethyl adjacent to an activating group) is 1. The summed E-state index contributed by atoms with van der Waals surface area (Å²) in [4.78, 5) is 13.5. The van der Waals surface area contributed by atoms with Gasteiger partial charge in [-0.1, -0.05) is 0 Å². The lowest BCUT2D eigenvalue weighted by atomic mass is 10.1. The normalized spacial score (nSPS) is 10.7. The van der Waals surface area contributed by atoms with Crippen LogP contribution in [-0.2, 0) is 9.47 Å². The molecule has 118 valence electrons. The maximum absolute atomic E-state index is 13.7. The molecule has 1 aromatic carbocycles. The van der Waals surface area contributed by atoms with Gasteiger partial charge in [0.2, 0.25) is 0 Å². The minimum absolute atomic E-state index is 0.0483. The summed E-state index contributed by atoms with van der Waals surface area (Å²) in [5, 5.41) is 2.87. The Hall–Kier alpha value is -1.86. The van der Waals surface area contributed by atoms with Crippen molar-refractivity contribution in [2.75, 3.05) is 58.6 Å². The number of methoxy groups -OCH3 is 1. The molecule has 21 heavy (non-hydrogen) atoms. The molecular formula is C14H22FN3O3. The molecule has 0 saturated heterocycles. The summed E-state index contributed by atoms with van der Waals surface area (Å²) < 4.78 is 23.7. The van der Waals surface area contributed by atoms with Gasteiger partial charge in [0.15, 0.2) is 0 Å². The number of hydrogen-bond donors (Lipinski definition) is 2. The van der Waals surface area contributed by atoms with Gasteiger partial charge >= 0.3 is 5.97 Å². The first-order valence-electron chi connectivity index (χ1n) is 6.59. The molecule has 0 radical (unpaired) electrons. The van der Waals surface area contributed by atoms with E-state index >= 15 is 0 Å². The largest absolute Gasteiger partial charge is 0.465 e. The van der Waals surface area contributed by atoms with Gasteiger partial charge in [0, 0.05) is 18.8 Å². The Labute approximate surface area is 124 Å². The van der Waals surface area contributed by atoms with E-state index in [0.717, 1.165) is 12.6 Å². The van der Waals surface area contributed by atoms with Gasteiger partial charge in [-0.2, -0.15) is 0 Å². The summed E-state index contributed by atoms with van der Waals surface area (Å²) in [6, 6.07) is 2.44. The third-order valence-corrected chi connectivity index (χ3v) is 2.79. The highest BCUT2D eigenvalue weighted by Crippen LogP contribution is 2.22. The van der Waals surface area contributed by atoms with Crippen LogP contribution in [0.2, 0.25) is 0 Å². The van der Waals surface area contributed by atoms with E-state index in [1.165, 1.54) is 13.2 Å². The number of nitrogens with two attached hydrogens (primary N) is 1. The van der Waals surface area contributed by atoms with Gasteiger partial charge in [-0.3, -0.25) is 0 Å². The Bertz CT molecular complexity index is 481. The Balaban J connectivity index is 2.53. The smallest absolute Gasteiger partial charge is 0.340 e. The van der Waals surface area contributed by atoms with Gasteiger partial charge in [0.1, 0.15) is 5.82 Å². The van der Waals surface area contributed by atoms with E-state index in [1.807, 2.05) is 19.0 Å². The molecule has 0 aromatic heterocycles. The first kappa shape index (κ1) is 17.2. The number of rotatable bonds is 8. The Morgan fingerprint density at radius 2 is 2.10 bits per heavy atom. The number of ether oxygens (including phenoxy) is 2. The lowest BCUT2D eigenvalue weighted by molar-refractivity contribution is 0.0602. The van der Waals surface area contributed by atoms with Gasteiger partial charge in [-0.05, 0) is 26.2 Å². The molecule has 0 bridgehead atoms. The summed E-state index contributed by atoms with van der Waals surface area (Å²) in [7, 11) is 5.16. The molecule has 3 N–H and O–H groups in total. The summed E-state index contributed by atoms with van der Waals surface area (Å²) in [5.74, 6) is -1.12. The fourth-order valence-corrected chi connectivity index (χ4v) is 1.62. The number of nitrogens with zero attached hydrogens (tertiary/aromatic N) is 1. The van der Waals surface area contributed by atoms with E-state index in [9.17, 15) is 9.18 Å². The SMILES string of the molecule is COC(=O)c1cc(NCCOCCN(C)C)c(F)cc1N. The molecule has 1 aromatic rings. The number of esters is 1. The van der Waals surface area contributed by atoms with Crippen LogP contribution in [0.15, 0.2) is 12.1 Å². The maximum atomic E-state index is 13.7. The number of hydrogen-bond acceptors (Lipinski definition) is 6. The Morgan fingerprint density at radius 3 is 2.71 bits per heavy atom. The Kier molecular flexibility index (Phi) is 6.90. The molecule has 0 fully saturated rings. The number of benzene rings is 1. The summed E-state index contributed by atoms with van der Waals surface area (Å²) >= 11 is 0. The van der Waals surface area contributed by atoms with E-state index in [1.54, 1.807) is 0 Å². The minimum atomic E-state index is -0.599. The highest BCUT2D eigenvalue weighted by molar-refractivity contribution is 5.96. The summed E-state index contributed by atoms with van der Waals surface area (Å²) in [6.07, 6.45) is 0. The van der Waals surface area contributed by atoms with Crippen molar-refractivity contribution in [3.05, 3.63) is 23.5 Å². The fourth-order valence-electron chi connectivity index (χ4n) is 1.62. The molecule has 0 aliphatic rings. The third-order valence-electron chi connectivity index (χ3n) is 2.79. The van der Waals surface area contributed by atoms with Crippen LogP contribution in [0.25, 0.3) is 0 Å². The van der Waals surface area contributed by atoms with Crippen LogP contribution in [-0.4, -0.2) is 58.4 Å². The van der Waals surface area contributed by atoms with Crippen LogP contribution in [0.4, 0.5) is 15.8 Å². The molecule has 0 saturated carbocycles. The van der Waals surface area contributed by atoms with Crippen LogP contribution in [0.1, 0.15) is 10.4 Å². The number of nitrogen functional groups attached to an aromatic ring is 1. The lowest BCUT2D eigenvalue weighted by Crippen LogP contribution is -2.20. The first-order chi connectivity index (χ1) is 9.95. The number of nitrogens with one attached hydrogen (secondary N) is 1. The van der Waals surface area contributed by atoms with Crippen LogP contribution in [0.5, 0.6) is 0 Å². The van der Waals surface area contributed by atoms with Crippen molar-refractivity contribution in [2.24, 2.45) is 0 Å². The molecule has 0 amide bonds. The number of carbonyl (C=O) groups is 1. The van der Waals surface area contributed by atoms with Crippen LogP contribution < -0.4 is 11.1 Å². The van der Waals surface area contributed by atoms with Gasteiger partial charge in [0.05, 0.1) is 31.6 Å². The van der Waals surface area contributed by atoms with Gasteiger partial charge in [0.25, 0.3) is 0 Å². The van der Waals surface area contributed by atoms with E-state index in [0.29, 0.717) is 19.8 Å². The second kappa shape index (κ2) is 8.43. The van der Waals surface area contributed by atoms with Crippen LogP contribution >= 0.6 is 0 Å². The monoisotopic (exact) mass is 299 g/mol. The predicted molar refractivity (Wildman–Crippen MR) is 80.0 cm³/mol. The molecule has 7 heteroatoms. The zero-order chi connectivity index (χ0) is 15.8. The minimum Gasteiger partial charge on any atom is -0.465 e. The quantitative estimate of drug-likeness (QED) is 0.426. The number of anilines is 2. The molecule has 0 aliphatic carbocycles. The highest BCUT2D eigenvalue weighted by Gasteiger charge is 2.14. The molecule has 1 rings (SSSR count). The zero-order valence-electron chi connectivity index (χ0n) is 12.6.